The highest BCUT2D eigenvalue weighted by molar-refractivity contribution is 9.10. The Morgan fingerprint density at radius 3 is 0.810 bits per heavy atom. The molecular weight excluding hydrogens is 1650 g/mol. The fourth-order valence-corrected chi connectivity index (χ4v) is 14.0. The molecular formula is C91H68BrClF4N8O16. The van der Waals surface area contributed by atoms with Gasteiger partial charge in [-0.05, 0) is 184 Å². The van der Waals surface area contributed by atoms with Gasteiger partial charge in [-0.3, -0.25) is 76.7 Å². The highest BCUT2D eigenvalue weighted by atomic mass is 79.9. The molecule has 8 aliphatic heterocycles. The molecule has 16 amide bonds. The molecule has 0 saturated carbocycles. The maximum Gasteiger partial charge on any atom is 0.416 e. The van der Waals surface area contributed by atoms with Crippen LogP contribution < -0.4 is 39.2 Å². The highest BCUT2D eigenvalue weighted by Crippen LogP contribution is 2.38. The number of hydrogen-bond acceptors (Lipinski definition) is 16. The number of amides is 16. The van der Waals surface area contributed by atoms with Crippen molar-refractivity contribution in [1.82, 2.24) is 0 Å². The maximum atomic E-state index is 13.2. The highest BCUT2D eigenvalue weighted by Gasteiger charge is 2.36. The molecule has 8 aromatic rings. The third kappa shape index (κ3) is 19.8. The summed E-state index contributed by atoms with van der Waals surface area (Å²) in [6.45, 7) is 8.10. The molecule has 0 unspecified atom stereocenters. The Balaban J connectivity index is 0.000000148. The standard InChI is InChI=1S/C29H30N2O4.C21H14N2O4.C11H6F3NO2.C10H6BrNO2.C10H6ClNO2.C10H6FNO2/c1-5-20-14-18(15-21(6-2)28(20)30-24(32)9-10-25(30)33)13-19-16-22(7-3)29(23(8-4)17-19)31-26(34)11-12-27(31)35;24-18-9-10-19(25)22(18)16-5-1-14(2-6-16)13-15-3-7-17(8-4-15)23-20(26)11-12-21(23)27;12-11(13,14)7-1-3-8(4-2-7)15-9(16)5-6-10(15)17;3*11-7-3-1-2-4-8(7)12-9(13)5-6-10(12)14/h9-12,14-17H,5-8,13H2,1-4H3;1-12H,13H2;1-6H;3*1-6H. The van der Waals surface area contributed by atoms with E-state index in [-0.39, 0.29) is 82.3 Å². The van der Waals surface area contributed by atoms with Crippen molar-refractivity contribution in [3.63, 3.8) is 0 Å². The number of rotatable bonds is 16. The monoisotopic (exact) mass is 1720 g/mol. The topological polar surface area (TPSA) is 299 Å². The van der Waals surface area contributed by atoms with Gasteiger partial charge in [0.25, 0.3) is 94.5 Å². The fraction of sp³-hybridized carbons (Fsp3) is 0.121. The number of aryl methyl sites for hydroxylation is 4. The Labute approximate surface area is 701 Å². The summed E-state index contributed by atoms with van der Waals surface area (Å²) in [5.41, 5.74) is 10.8. The van der Waals surface area contributed by atoms with Gasteiger partial charge in [-0.25, -0.2) is 43.6 Å². The summed E-state index contributed by atoms with van der Waals surface area (Å²) in [6.07, 6.45) is 19.3. The second-order valence-corrected chi connectivity index (χ2v) is 28.0. The smallest absolute Gasteiger partial charge is 0.269 e. The van der Waals surface area contributed by atoms with E-state index in [0.717, 1.165) is 127 Å². The average molecular weight is 1720 g/mol. The summed E-state index contributed by atoms with van der Waals surface area (Å²) in [5.74, 6) is -6.64. The first-order valence-electron chi connectivity index (χ1n) is 37.2. The van der Waals surface area contributed by atoms with E-state index < -0.39 is 41.2 Å². The lowest BCUT2D eigenvalue weighted by atomic mass is 9.92. The predicted octanol–water partition coefficient (Wildman–Crippen LogP) is 13.6. The lowest BCUT2D eigenvalue weighted by molar-refractivity contribution is -0.137. The third-order valence-electron chi connectivity index (χ3n) is 19.0. The average Bonchev–Trinajstić information content (AvgIpc) is 1.75. The van der Waals surface area contributed by atoms with Gasteiger partial charge in [0, 0.05) is 102 Å². The first-order chi connectivity index (χ1) is 57.8. The minimum Gasteiger partial charge on any atom is -0.269 e. The van der Waals surface area contributed by atoms with Crippen molar-refractivity contribution < 1.29 is 94.3 Å². The molecule has 8 aliphatic rings. The van der Waals surface area contributed by atoms with E-state index in [1.54, 1.807) is 72.8 Å². The van der Waals surface area contributed by atoms with Crippen molar-refractivity contribution in [1.29, 1.82) is 0 Å². The van der Waals surface area contributed by atoms with Crippen molar-refractivity contribution >= 4 is 168 Å². The van der Waals surface area contributed by atoms with E-state index in [9.17, 15) is 94.3 Å². The number of para-hydroxylation sites is 3. The summed E-state index contributed by atoms with van der Waals surface area (Å²) in [6, 6.07) is 46.0. The number of benzene rings is 8. The van der Waals surface area contributed by atoms with E-state index in [0.29, 0.717) is 77.7 Å². The Bertz CT molecular complexity index is 5350. The number of halogens is 6. The van der Waals surface area contributed by atoms with Crippen LogP contribution >= 0.6 is 27.5 Å². The largest absolute Gasteiger partial charge is 0.416 e. The molecule has 610 valence electrons. The SMILES string of the molecule is CCc1cc(Cc2cc(CC)c(N3C(=O)C=CC3=O)c(CC)c2)cc(CC)c1N1C(=O)C=CC1=O.O=C1C=CC(=O)N1c1ccc(C(F)(F)F)cc1.O=C1C=CC(=O)N1c1ccc(Cc2ccc(N3C(=O)C=CC3=O)cc2)cc1.O=C1C=CC(=O)N1c1ccccc1Br.O=C1C=CC(=O)N1c1ccccc1Cl.O=C1C=CC(=O)N1c1ccccc1F. The van der Waals surface area contributed by atoms with Crippen LogP contribution in [0, 0.1) is 5.82 Å². The van der Waals surface area contributed by atoms with Crippen molar-refractivity contribution in [3.05, 3.63) is 332 Å². The molecule has 0 saturated heterocycles. The summed E-state index contributed by atoms with van der Waals surface area (Å²) in [7, 11) is 0. The molecule has 0 radical (unpaired) electrons. The Morgan fingerprint density at radius 2 is 0.521 bits per heavy atom. The van der Waals surface area contributed by atoms with Crippen molar-refractivity contribution in [2.75, 3.05) is 39.2 Å². The lowest BCUT2D eigenvalue weighted by Gasteiger charge is -2.24. The molecule has 121 heavy (non-hydrogen) atoms. The van der Waals surface area contributed by atoms with Gasteiger partial charge in [-0.1, -0.05) is 124 Å². The van der Waals surface area contributed by atoms with Crippen LogP contribution in [-0.4, -0.2) is 94.5 Å². The number of nitrogens with zero attached hydrogens (tertiary/aromatic N) is 8. The van der Waals surface area contributed by atoms with Gasteiger partial charge in [0.15, 0.2) is 0 Å². The lowest BCUT2D eigenvalue weighted by Crippen LogP contribution is -2.31. The normalized spacial score (nSPS) is 15.6. The predicted molar refractivity (Wildman–Crippen MR) is 445 cm³/mol. The van der Waals surface area contributed by atoms with E-state index in [1.807, 2.05) is 58.0 Å². The van der Waals surface area contributed by atoms with Gasteiger partial charge in [-0.15, -0.1) is 0 Å². The number of anilines is 8. The molecule has 0 spiro atoms. The molecule has 24 nitrogen and oxygen atoms in total. The van der Waals surface area contributed by atoms with Gasteiger partial charge in [0.2, 0.25) is 0 Å². The molecule has 30 heteroatoms. The van der Waals surface area contributed by atoms with Crippen LogP contribution in [-0.2, 0) is 121 Å². The van der Waals surface area contributed by atoms with Crippen LogP contribution in [0.15, 0.2) is 272 Å². The Hall–Kier alpha value is -14.7. The van der Waals surface area contributed by atoms with E-state index in [2.05, 4.69) is 40.2 Å². The van der Waals surface area contributed by atoms with Crippen LogP contribution in [0.2, 0.25) is 5.02 Å². The van der Waals surface area contributed by atoms with Gasteiger partial charge in [0.05, 0.1) is 56.1 Å². The minimum absolute atomic E-state index is 0.00694. The van der Waals surface area contributed by atoms with Crippen molar-refractivity contribution in [3.8, 4) is 0 Å². The van der Waals surface area contributed by atoms with Crippen LogP contribution in [0.25, 0.3) is 0 Å². The summed E-state index contributed by atoms with van der Waals surface area (Å²) in [4.78, 5) is 195. The minimum atomic E-state index is -4.43. The third-order valence-corrected chi connectivity index (χ3v) is 20.0. The van der Waals surface area contributed by atoms with Gasteiger partial charge < -0.3 is 0 Å². The second kappa shape index (κ2) is 38.1. The molecule has 0 aromatic heterocycles. The molecule has 0 aliphatic carbocycles. The van der Waals surface area contributed by atoms with E-state index in [4.69, 9.17) is 11.6 Å². The summed E-state index contributed by atoms with van der Waals surface area (Å²) < 4.78 is 50.8. The molecule has 0 bridgehead atoms. The Kier molecular flexibility index (Phi) is 27.5. The first-order valence-corrected chi connectivity index (χ1v) is 38.4. The maximum absolute atomic E-state index is 13.2. The van der Waals surface area contributed by atoms with Crippen LogP contribution in [0.3, 0.4) is 0 Å². The van der Waals surface area contributed by atoms with Crippen LogP contribution in [0.5, 0.6) is 0 Å². The fourth-order valence-electron chi connectivity index (χ4n) is 13.3. The van der Waals surface area contributed by atoms with Gasteiger partial charge in [-0.2, -0.15) is 13.2 Å². The molecule has 8 aromatic carbocycles. The number of imide groups is 8. The number of alkyl halides is 3. The molecule has 16 rings (SSSR count). The van der Waals surface area contributed by atoms with Gasteiger partial charge in [0.1, 0.15) is 5.82 Å². The molecule has 0 N–H and O–H groups in total. The molecule has 8 heterocycles. The first kappa shape index (κ1) is 87.1. The zero-order valence-corrected chi connectivity index (χ0v) is 66.9. The van der Waals surface area contributed by atoms with Crippen LogP contribution in [0.4, 0.5) is 63.1 Å². The summed E-state index contributed by atoms with van der Waals surface area (Å²) in [5, 5.41) is 0.387. The zero-order valence-electron chi connectivity index (χ0n) is 64.5. The molecule has 0 atom stereocenters. The van der Waals surface area contributed by atoms with Crippen LogP contribution in [0.1, 0.15) is 77.8 Å². The molecule has 0 fully saturated rings. The second-order valence-electron chi connectivity index (χ2n) is 26.8. The van der Waals surface area contributed by atoms with E-state index >= 15 is 0 Å². The summed E-state index contributed by atoms with van der Waals surface area (Å²) >= 11 is 9.15. The van der Waals surface area contributed by atoms with Crippen molar-refractivity contribution in [2.24, 2.45) is 0 Å². The zero-order chi connectivity index (χ0) is 87.3. The number of hydrogen-bond donors (Lipinski definition) is 0. The quantitative estimate of drug-likeness (QED) is 0.0641. The number of carbonyl (C=O) groups excluding carboxylic acids is 16. The van der Waals surface area contributed by atoms with Gasteiger partial charge >= 0.3 is 6.18 Å². The number of carbonyl (C=O) groups is 16. The van der Waals surface area contributed by atoms with E-state index in [1.165, 1.54) is 101 Å². The Morgan fingerprint density at radius 1 is 0.281 bits per heavy atom. The van der Waals surface area contributed by atoms with Crippen molar-refractivity contribution in [2.45, 2.75) is 72.4 Å².